The highest BCUT2D eigenvalue weighted by Gasteiger charge is 2.42. The molecule has 0 spiro atoms. The van der Waals surface area contributed by atoms with Crippen LogP contribution in [0.3, 0.4) is 0 Å². The van der Waals surface area contributed by atoms with Gasteiger partial charge in [-0.05, 0) is 36.5 Å². The van der Waals surface area contributed by atoms with Gasteiger partial charge in [0, 0.05) is 36.0 Å². The topological polar surface area (TPSA) is 3.24 Å². The average molecular weight is 279 g/mol. The first-order chi connectivity index (χ1) is 5.68. The minimum atomic E-state index is 0.910. The number of piperidine rings is 1. The summed E-state index contributed by atoms with van der Waals surface area (Å²) in [6.45, 7) is 7.50. The van der Waals surface area contributed by atoms with Crippen LogP contribution in [0, 0.1) is 23.7 Å². The van der Waals surface area contributed by atoms with Gasteiger partial charge < -0.3 is 0 Å². The van der Waals surface area contributed by atoms with Gasteiger partial charge >= 0.3 is 0 Å². The summed E-state index contributed by atoms with van der Waals surface area (Å²) in [4.78, 5) is 0. The summed E-state index contributed by atoms with van der Waals surface area (Å²) in [5, 5.41) is 0. The van der Waals surface area contributed by atoms with Gasteiger partial charge in [0.2, 0.25) is 0 Å². The fraction of sp³-hybridized carbons (Fsp3) is 1.00. The Hall–Kier alpha value is 0.690. The molecule has 1 aliphatic heterocycles. The van der Waals surface area contributed by atoms with E-state index >= 15 is 0 Å². The van der Waals surface area contributed by atoms with E-state index in [1.807, 2.05) is 0 Å². The maximum absolute atomic E-state index is 2.50. The largest absolute Gasteiger partial charge is 0.247 e. The van der Waals surface area contributed by atoms with E-state index in [0.29, 0.717) is 0 Å². The van der Waals surface area contributed by atoms with Gasteiger partial charge in [-0.2, -0.15) is 0 Å². The van der Waals surface area contributed by atoms with Gasteiger partial charge in [0.15, 0.2) is 0 Å². The van der Waals surface area contributed by atoms with E-state index < -0.39 is 0 Å². The number of hydrogen-bond donors (Lipinski definition) is 0. The number of halogens is 1. The van der Waals surface area contributed by atoms with E-state index in [-0.39, 0.29) is 0 Å². The zero-order chi connectivity index (χ0) is 8.72. The Bertz CT molecular complexity index is 155. The first kappa shape index (κ1) is 9.25. The second-order valence-electron chi connectivity index (χ2n) is 4.75. The lowest BCUT2D eigenvalue weighted by molar-refractivity contribution is 0.149. The summed E-state index contributed by atoms with van der Waals surface area (Å²) in [7, 11) is 0. The molecule has 2 fully saturated rings. The van der Waals surface area contributed by atoms with Gasteiger partial charge in [-0.25, -0.2) is 3.11 Å². The molecule has 2 atom stereocenters. The van der Waals surface area contributed by atoms with Crippen LogP contribution >= 0.6 is 22.9 Å². The second-order valence-corrected chi connectivity index (χ2v) is 6.11. The third-order valence-electron chi connectivity index (χ3n) is 3.63. The van der Waals surface area contributed by atoms with Crippen LogP contribution in [0.1, 0.15) is 26.7 Å². The third kappa shape index (κ3) is 1.52. The minimum Gasteiger partial charge on any atom is -0.247 e. The van der Waals surface area contributed by atoms with Crippen molar-refractivity contribution in [3.05, 3.63) is 0 Å². The Balaban J connectivity index is 2.09. The molecule has 2 heteroatoms. The normalized spacial score (nSPS) is 42.5. The molecule has 12 heavy (non-hydrogen) atoms. The fourth-order valence-electron chi connectivity index (χ4n) is 3.30. The summed E-state index contributed by atoms with van der Waals surface area (Å²) in [5.41, 5.74) is 0. The third-order valence-corrected chi connectivity index (χ3v) is 4.42. The van der Waals surface area contributed by atoms with Gasteiger partial charge in [-0.3, -0.25) is 0 Å². The van der Waals surface area contributed by atoms with Crippen molar-refractivity contribution in [1.29, 1.82) is 0 Å². The van der Waals surface area contributed by atoms with Crippen molar-refractivity contribution >= 4 is 22.9 Å². The number of nitrogens with zero attached hydrogens (tertiary/aromatic N) is 1. The zero-order valence-corrected chi connectivity index (χ0v) is 10.1. The van der Waals surface area contributed by atoms with E-state index in [9.17, 15) is 0 Å². The molecule has 70 valence electrons. The summed E-state index contributed by atoms with van der Waals surface area (Å²) in [6.07, 6.45) is 2.99. The molecule has 2 bridgehead atoms. The first-order valence-electron chi connectivity index (χ1n) is 5.09. The van der Waals surface area contributed by atoms with E-state index in [0.717, 1.165) is 23.7 Å². The Morgan fingerprint density at radius 1 is 1.17 bits per heavy atom. The van der Waals surface area contributed by atoms with Crippen molar-refractivity contribution in [2.24, 2.45) is 23.7 Å². The van der Waals surface area contributed by atoms with Crippen molar-refractivity contribution in [2.45, 2.75) is 26.7 Å². The molecular formula is C10H18IN. The molecule has 2 rings (SSSR count). The van der Waals surface area contributed by atoms with Gasteiger partial charge in [-0.15, -0.1) is 0 Å². The molecule has 0 amide bonds. The minimum absolute atomic E-state index is 0.910. The molecule has 1 aliphatic carbocycles. The number of hydrogen-bond acceptors (Lipinski definition) is 1. The molecule has 0 radical (unpaired) electrons. The van der Waals surface area contributed by atoms with Crippen LogP contribution in [-0.4, -0.2) is 16.2 Å². The summed E-state index contributed by atoms with van der Waals surface area (Å²) >= 11 is 2.49. The van der Waals surface area contributed by atoms with E-state index in [2.05, 4.69) is 39.8 Å². The highest BCUT2D eigenvalue weighted by atomic mass is 127. The predicted molar refractivity (Wildman–Crippen MR) is 60.1 cm³/mol. The van der Waals surface area contributed by atoms with Crippen molar-refractivity contribution < 1.29 is 0 Å². The van der Waals surface area contributed by atoms with Crippen LogP contribution in [-0.2, 0) is 0 Å². The highest BCUT2D eigenvalue weighted by molar-refractivity contribution is 14.1. The van der Waals surface area contributed by atoms with Gasteiger partial charge in [0.1, 0.15) is 0 Å². The molecule has 1 heterocycles. The molecule has 2 aliphatic rings. The van der Waals surface area contributed by atoms with Crippen molar-refractivity contribution in [3.8, 4) is 0 Å². The summed E-state index contributed by atoms with van der Waals surface area (Å²) < 4.78 is 2.50. The highest BCUT2D eigenvalue weighted by Crippen LogP contribution is 2.46. The van der Waals surface area contributed by atoms with Crippen LogP contribution < -0.4 is 0 Å². The maximum Gasteiger partial charge on any atom is 0.0201 e. The second kappa shape index (κ2) is 3.45. The molecular weight excluding hydrogens is 261 g/mol. The van der Waals surface area contributed by atoms with Crippen molar-refractivity contribution in [1.82, 2.24) is 3.11 Å². The first-order valence-corrected chi connectivity index (χ1v) is 6.05. The summed E-state index contributed by atoms with van der Waals surface area (Å²) in [6, 6.07) is 0. The number of fused-ring (bicyclic) bond motifs is 2. The van der Waals surface area contributed by atoms with Crippen LogP contribution in [0.2, 0.25) is 0 Å². The molecule has 0 aromatic rings. The molecule has 1 nitrogen and oxygen atoms in total. The Labute approximate surface area is 89.4 Å². The monoisotopic (exact) mass is 279 g/mol. The van der Waals surface area contributed by atoms with E-state index in [1.165, 1.54) is 25.9 Å². The molecule has 0 N–H and O–H groups in total. The molecule has 0 aromatic heterocycles. The summed E-state index contributed by atoms with van der Waals surface area (Å²) in [5.74, 6) is 3.98. The lowest BCUT2D eigenvalue weighted by Gasteiger charge is -2.37. The van der Waals surface area contributed by atoms with Crippen LogP contribution in [0.15, 0.2) is 0 Å². The Kier molecular flexibility index (Phi) is 2.66. The van der Waals surface area contributed by atoms with Crippen LogP contribution in [0.25, 0.3) is 0 Å². The van der Waals surface area contributed by atoms with Gasteiger partial charge in [0.25, 0.3) is 0 Å². The quantitative estimate of drug-likeness (QED) is 0.527. The zero-order valence-electron chi connectivity index (χ0n) is 7.96. The average Bonchev–Trinajstić information content (AvgIpc) is 2.24. The predicted octanol–water partition coefficient (Wildman–Crippen LogP) is 2.95. The lowest BCUT2D eigenvalue weighted by Crippen LogP contribution is -2.38. The smallest absolute Gasteiger partial charge is 0.0201 e. The molecule has 1 saturated carbocycles. The number of rotatable bonds is 1. The fourth-order valence-corrected chi connectivity index (χ4v) is 4.31. The van der Waals surface area contributed by atoms with Gasteiger partial charge in [-0.1, -0.05) is 13.8 Å². The van der Waals surface area contributed by atoms with Crippen molar-refractivity contribution in [2.75, 3.05) is 13.1 Å². The standard InChI is InChI=1S/C10H18IN/c1-7(2)10-8-3-4-9(10)6-12(11)5-8/h7-10H,3-6H2,1-2H3. The lowest BCUT2D eigenvalue weighted by atomic mass is 9.78. The Morgan fingerprint density at radius 2 is 1.67 bits per heavy atom. The van der Waals surface area contributed by atoms with Crippen molar-refractivity contribution in [3.63, 3.8) is 0 Å². The van der Waals surface area contributed by atoms with E-state index in [1.54, 1.807) is 0 Å². The van der Waals surface area contributed by atoms with Crippen LogP contribution in [0.4, 0.5) is 0 Å². The van der Waals surface area contributed by atoms with Gasteiger partial charge in [0.05, 0.1) is 0 Å². The molecule has 2 unspecified atom stereocenters. The maximum atomic E-state index is 2.50. The van der Waals surface area contributed by atoms with Crippen LogP contribution in [0.5, 0.6) is 0 Å². The van der Waals surface area contributed by atoms with E-state index in [4.69, 9.17) is 0 Å². The molecule has 0 aromatic carbocycles. The SMILES string of the molecule is CC(C)C1C2CCC1CN(I)C2. The molecule has 1 saturated heterocycles. The Morgan fingerprint density at radius 3 is 2.08 bits per heavy atom.